The molecule has 0 bridgehead atoms. The first-order chi connectivity index (χ1) is 9.78. The summed E-state index contributed by atoms with van der Waals surface area (Å²) in [6, 6.07) is 8.26. The third-order valence-corrected chi connectivity index (χ3v) is 3.90. The fraction of sp³-hybridized carbons (Fsp3) is 0.312. The molecule has 2 heterocycles. The maximum atomic E-state index is 6.21. The molecule has 2 aromatic rings. The minimum atomic E-state index is 0.204. The molecule has 104 valence electrons. The molecule has 4 heteroatoms. The Hall–Kier alpha value is -1.58. The second-order valence-electron chi connectivity index (χ2n) is 4.98. The van der Waals surface area contributed by atoms with Crippen LogP contribution in [0.1, 0.15) is 22.7 Å². The first-order valence-corrected chi connectivity index (χ1v) is 7.17. The van der Waals surface area contributed by atoms with E-state index in [1.807, 2.05) is 31.4 Å². The van der Waals surface area contributed by atoms with Gasteiger partial charge in [0.1, 0.15) is 5.75 Å². The van der Waals surface area contributed by atoms with Gasteiger partial charge in [-0.1, -0.05) is 17.7 Å². The van der Waals surface area contributed by atoms with Crippen LogP contribution in [0.2, 0.25) is 5.02 Å². The summed E-state index contributed by atoms with van der Waals surface area (Å²) in [4.78, 5) is 4.19. The zero-order valence-electron chi connectivity index (χ0n) is 11.4. The molecule has 20 heavy (non-hydrogen) atoms. The second-order valence-corrected chi connectivity index (χ2v) is 5.42. The number of hydrogen-bond acceptors (Lipinski definition) is 3. The van der Waals surface area contributed by atoms with E-state index in [4.69, 9.17) is 16.3 Å². The Labute approximate surface area is 123 Å². The highest BCUT2D eigenvalue weighted by molar-refractivity contribution is 6.30. The van der Waals surface area contributed by atoms with Crippen molar-refractivity contribution in [1.82, 2.24) is 10.3 Å². The van der Waals surface area contributed by atoms with Crippen molar-refractivity contribution in [2.24, 2.45) is 0 Å². The molecule has 0 spiro atoms. The molecule has 1 aliphatic rings. The van der Waals surface area contributed by atoms with Gasteiger partial charge in [-0.2, -0.15) is 0 Å². The molecule has 1 unspecified atom stereocenters. The number of pyridine rings is 1. The Morgan fingerprint density at radius 3 is 3.10 bits per heavy atom. The van der Waals surface area contributed by atoms with E-state index in [1.54, 1.807) is 6.20 Å². The normalized spacial score (nSPS) is 14.7. The molecule has 0 aliphatic carbocycles. The molecule has 3 nitrogen and oxygen atoms in total. The minimum Gasteiger partial charge on any atom is -0.493 e. The van der Waals surface area contributed by atoms with Crippen molar-refractivity contribution in [3.63, 3.8) is 0 Å². The number of likely N-dealkylation sites (N-methyl/N-ethyl adjacent to an activating group) is 1. The average molecular weight is 289 g/mol. The second kappa shape index (κ2) is 5.81. The van der Waals surface area contributed by atoms with Crippen LogP contribution in [0.25, 0.3) is 0 Å². The van der Waals surface area contributed by atoms with Gasteiger partial charge in [0, 0.05) is 29.9 Å². The summed E-state index contributed by atoms with van der Waals surface area (Å²) >= 11 is 6.21. The molecule has 0 amide bonds. The minimum absolute atomic E-state index is 0.204. The molecule has 1 aromatic heterocycles. The Morgan fingerprint density at radius 1 is 1.45 bits per heavy atom. The van der Waals surface area contributed by atoms with Crippen LogP contribution in [-0.2, 0) is 12.8 Å². The first-order valence-electron chi connectivity index (χ1n) is 6.79. The molecule has 3 rings (SSSR count). The van der Waals surface area contributed by atoms with Gasteiger partial charge in [0.2, 0.25) is 0 Å². The lowest BCUT2D eigenvalue weighted by atomic mass is 9.98. The molecule has 0 fully saturated rings. The smallest absolute Gasteiger partial charge is 0.125 e. The van der Waals surface area contributed by atoms with E-state index >= 15 is 0 Å². The number of rotatable bonds is 4. The topological polar surface area (TPSA) is 34.1 Å². The summed E-state index contributed by atoms with van der Waals surface area (Å²) in [6.07, 6.45) is 5.47. The number of fused-ring (bicyclic) bond motifs is 1. The van der Waals surface area contributed by atoms with Crippen LogP contribution in [0.15, 0.2) is 36.7 Å². The van der Waals surface area contributed by atoms with Gasteiger partial charge in [-0.25, -0.2) is 0 Å². The fourth-order valence-corrected chi connectivity index (χ4v) is 2.95. The maximum Gasteiger partial charge on any atom is 0.125 e. The van der Waals surface area contributed by atoms with Crippen molar-refractivity contribution >= 4 is 11.6 Å². The van der Waals surface area contributed by atoms with Crippen LogP contribution in [-0.4, -0.2) is 18.6 Å². The highest BCUT2D eigenvalue weighted by atomic mass is 35.5. The summed E-state index contributed by atoms with van der Waals surface area (Å²) in [5.41, 5.74) is 3.54. The van der Waals surface area contributed by atoms with Crippen LogP contribution >= 0.6 is 11.6 Å². The summed E-state index contributed by atoms with van der Waals surface area (Å²) in [5.74, 6) is 1.01. The number of ether oxygens (including phenoxy) is 1. The lowest BCUT2D eigenvalue weighted by Crippen LogP contribution is -2.19. The standard InChI is InChI=1S/C16H17ClN2O/c1-18-15(12-3-2-5-19-10-12)9-13-8-14(17)7-11-4-6-20-16(11)13/h2-3,5,7-8,10,15,18H,4,6,9H2,1H3. The van der Waals surface area contributed by atoms with Crippen molar-refractivity contribution in [3.05, 3.63) is 58.4 Å². The van der Waals surface area contributed by atoms with Gasteiger partial charge in [0.05, 0.1) is 6.61 Å². The quantitative estimate of drug-likeness (QED) is 0.938. The van der Waals surface area contributed by atoms with Crippen LogP contribution in [0, 0.1) is 0 Å². The largest absolute Gasteiger partial charge is 0.493 e. The van der Waals surface area contributed by atoms with Gasteiger partial charge >= 0.3 is 0 Å². The maximum absolute atomic E-state index is 6.21. The Morgan fingerprint density at radius 2 is 2.35 bits per heavy atom. The number of hydrogen-bond donors (Lipinski definition) is 1. The Bertz CT molecular complexity index is 601. The molecular weight excluding hydrogens is 272 g/mol. The van der Waals surface area contributed by atoms with E-state index in [0.29, 0.717) is 0 Å². The average Bonchev–Trinajstić information content (AvgIpc) is 2.93. The molecule has 1 aromatic carbocycles. The Kier molecular flexibility index (Phi) is 3.90. The van der Waals surface area contributed by atoms with Crippen LogP contribution < -0.4 is 10.1 Å². The lowest BCUT2D eigenvalue weighted by molar-refractivity contribution is 0.352. The van der Waals surface area contributed by atoms with Crippen molar-refractivity contribution in [3.8, 4) is 5.75 Å². The number of aromatic nitrogens is 1. The van der Waals surface area contributed by atoms with E-state index in [0.717, 1.165) is 35.8 Å². The van der Waals surface area contributed by atoms with Crippen molar-refractivity contribution < 1.29 is 4.74 Å². The summed E-state index contributed by atoms with van der Waals surface area (Å²) < 4.78 is 5.76. The van der Waals surface area contributed by atoms with Crippen molar-refractivity contribution in [1.29, 1.82) is 0 Å². The highest BCUT2D eigenvalue weighted by Crippen LogP contribution is 2.35. The van der Waals surface area contributed by atoms with Crippen LogP contribution in [0.3, 0.4) is 0 Å². The van der Waals surface area contributed by atoms with E-state index in [-0.39, 0.29) is 6.04 Å². The first kappa shape index (κ1) is 13.4. The molecule has 1 atom stereocenters. The van der Waals surface area contributed by atoms with E-state index in [9.17, 15) is 0 Å². The summed E-state index contributed by atoms with van der Waals surface area (Å²) in [7, 11) is 1.96. The SMILES string of the molecule is CNC(Cc1cc(Cl)cc2c1OCC2)c1cccnc1. The Balaban J connectivity index is 1.91. The fourth-order valence-electron chi connectivity index (χ4n) is 2.69. The highest BCUT2D eigenvalue weighted by Gasteiger charge is 2.20. The molecular formula is C16H17ClN2O. The number of benzene rings is 1. The number of nitrogens with one attached hydrogen (secondary N) is 1. The van der Waals surface area contributed by atoms with Gasteiger partial charge in [0.15, 0.2) is 0 Å². The molecule has 0 saturated carbocycles. The summed E-state index contributed by atoms with van der Waals surface area (Å²) in [6.45, 7) is 0.750. The van der Waals surface area contributed by atoms with Crippen molar-refractivity contribution in [2.45, 2.75) is 18.9 Å². The molecule has 1 N–H and O–H groups in total. The van der Waals surface area contributed by atoms with Crippen molar-refractivity contribution in [2.75, 3.05) is 13.7 Å². The zero-order valence-corrected chi connectivity index (χ0v) is 12.2. The van der Waals surface area contributed by atoms with Gasteiger partial charge in [-0.05, 0) is 48.4 Å². The van der Waals surface area contributed by atoms with E-state index in [2.05, 4.69) is 16.4 Å². The van der Waals surface area contributed by atoms with Crippen LogP contribution in [0.4, 0.5) is 0 Å². The molecule has 0 radical (unpaired) electrons. The number of nitrogens with zero attached hydrogens (tertiary/aromatic N) is 1. The van der Waals surface area contributed by atoms with Gasteiger partial charge in [0.25, 0.3) is 0 Å². The monoisotopic (exact) mass is 288 g/mol. The van der Waals surface area contributed by atoms with E-state index in [1.165, 1.54) is 11.1 Å². The lowest BCUT2D eigenvalue weighted by Gasteiger charge is -2.18. The van der Waals surface area contributed by atoms with E-state index < -0.39 is 0 Å². The number of halogens is 1. The third-order valence-electron chi connectivity index (χ3n) is 3.68. The molecule has 1 aliphatic heterocycles. The third kappa shape index (κ3) is 2.65. The zero-order chi connectivity index (χ0) is 13.9. The predicted octanol–water partition coefficient (Wildman–Crippen LogP) is 3.17. The van der Waals surface area contributed by atoms with Crippen LogP contribution in [0.5, 0.6) is 5.75 Å². The van der Waals surface area contributed by atoms with Gasteiger partial charge < -0.3 is 10.1 Å². The predicted molar refractivity (Wildman–Crippen MR) is 80.4 cm³/mol. The van der Waals surface area contributed by atoms with Gasteiger partial charge in [-0.3, -0.25) is 4.98 Å². The molecule has 0 saturated heterocycles. The van der Waals surface area contributed by atoms with Gasteiger partial charge in [-0.15, -0.1) is 0 Å². The summed E-state index contributed by atoms with van der Waals surface area (Å²) in [5, 5.41) is 4.12.